The van der Waals surface area contributed by atoms with Crippen molar-refractivity contribution in [3.05, 3.63) is 52.0 Å². The summed E-state index contributed by atoms with van der Waals surface area (Å²) in [7, 11) is 0. The Balaban J connectivity index is 1.52. The predicted molar refractivity (Wildman–Crippen MR) is 70.5 cm³/mol. The van der Waals surface area contributed by atoms with Gasteiger partial charge in [0.05, 0.1) is 0 Å². The van der Waals surface area contributed by atoms with E-state index in [0.717, 1.165) is 30.8 Å². The molecule has 0 amide bonds. The van der Waals surface area contributed by atoms with Gasteiger partial charge in [0.2, 0.25) is 0 Å². The zero-order chi connectivity index (χ0) is 12.4. The van der Waals surface area contributed by atoms with Crippen molar-refractivity contribution in [1.82, 2.24) is 5.32 Å². The van der Waals surface area contributed by atoms with Gasteiger partial charge < -0.3 is 10.1 Å². The first-order valence-electron chi connectivity index (χ1n) is 5.99. The van der Waals surface area contributed by atoms with Crippen molar-refractivity contribution >= 4 is 11.3 Å². The number of ether oxygens (including phenoxy) is 1. The highest BCUT2D eigenvalue weighted by atomic mass is 32.1. The average Bonchev–Trinajstić information content (AvgIpc) is 2.97. The number of hydrogen-bond donors (Lipinski definition) is 1. The first-order chi connectivity index (χ1) is 8.81. The quantitative estimate of drug-likeness (QED) is 0.915. The lowest BCUT2D eigenvalue weighted by atomic mass is 10.1. The molecule has 4 heteroatoms. The monoisotopic (exact) mass is 263 g/mol. The molecular weight excluding hydrogens is 249 g/mol. The third kappa shape index (κ3) is 2.54. The molecule has 94 valence electrons. The number of halogens is 1. The summed E-state index contributed by atoms with van der Waals surface area (Å²) in [5, 5.41) is 5.44. The molecule has 1 aliphatic rings. The van der Waals surface area contributed by atoms with Crippen molar-refractivity contribution in [2.45, 2.75) is 19.1 Å². The van der Waals surface area contributed by atoms with Gasteiger partial charge in [-0.2, -0.15) is 0 Å². The van der Waals surface area contributed by atoms with Gasteiger partial charge in [-0.05, 0) is 29.6 Å². The highest BCUT2D eigenvalue weighted by Gasteiger charge is 2.22. The van der Waals surface area contributed by atoms with Crippen LogP contribution in [0.25, 0.3) is 0 Å². The zero-order valence-electron chi connectivity index (χ0n) is 9.86. The molecule has 1 N–H and O–H groups in total. The normalized spacial score (nSPS) is 17.5. The zero-order valence-corrected chi connectivity index (χ0v) is 10.7. The highest BCUT2D eigenvalue weighted by molar-refractivity contribution is 7.09. The van der Waals surface area contributed by atoms with Crippen LogP contribution in [0.15, 0.2) is 35.7 Å². The van der Waals surface area contributed by atoms with Gasteiger partial charge in [-0.25, -0.2) is 4.39 Å². The van der Waals surface area contributed by atoms with Crippen LogP contribution in [-0.2, 0) is 13.0 Å². The Labute approximate surface area is 109 Å². The largest absolute Gasteiger partial charge is 0.488 e. The summed E-state index contributed by atoms with van der Waals surface area (Å²) < 4.78 is 18.8. The highest BCUT2D eigenvalue weighted by Crippen LogP contribution is 2.28. The van der Waals surface area contributed by atoms with E-state index in [1.54, 1.807) is 23.5 Å². The number of fused-ring (bicyclic) bond motifs is 1. The molecule has 2 heterocycles. The molecule has 1 atom stereocenters. The fourth-order valence-corrected chi connectivity index (χ4v) is 2.85. The molecule has 0 fully saturated rings. The second kappa shape index (κ2) is 5.08. The molecule has 0 saturated carbocycles. The third-order valence-corrected chi connectivity index (χ3v) is 3.89. The van der Waals surface area contributed by atoms with E-state index in [-0.39, 0.29) is 11.9 Å². The van der Waals surface area contributed by atoms with E-state index in [0.29, 0.717) is 0 Å². The first kappa shape index (κ1) is 11.7. The number of benzene rings is 1. The molecule has 0 radical (unpaired) electrons. The predicted octanol–water partition coefficient (Wildman–Crippen LogP) is 2.98. The summed E-state index contributed by atoms with van der Waals surface area (Å²) in [5.74, 6) is 0.629. The van der Waals surface area contributed by atoms with Crippen LogP contribution in [0.2, 0.25) is 0 Å². The first-order valence-corrected chi connectivity index (χ1v) is 6.87. The summed E-state index contributed by atoms with van der Waals surface area (Å²) in [4.78, 5) is 1.32. The molecule has 1 aromatic carbocycles. The van der Waals surface area contributed by atoms with Crippen molar-refractivity contribution < 1.29 is 9.13 Å². The minimum absolute atomic E-state index is 0.113. The summed E-state index contributed by atoms with van der Waals surface area (Å²) in [6.07, 6.45) is 0.895. The van der Waals surface area contributed by atoms with Crippen molar-refractivity contribution in [2.75, 3.05) is 6.54 Å². The molecule has 2 nitrogen and oxygen atoms in total. The van der Waals surface area contributed by atoms with Crippen LogP contribution in [0.5, 0.6) is 5.75 Å². The van der Waals surface area contributed by atoms with Crippen LogP contribution in [0.4, 0.5) is 4.39 Å². The minimum atomic E-state index is -0.190. The Morgan fingerprint density at radius 3 is 3.17 bits per heavy atom. The minimum Gasteiger partial charge on any atom is -0.488 e. The Hall–Kier alpha value is -1.39. The van der Waals surface area contributed by atoms with Gasteiger partial charge in [0, 0.05) is 30.0 Å². The van der Waals surface area contributed by atoms with Crippen LogP contribution in [0.1, 0.15) is 10.4 Å². The van der Waals surface area contributed by atoms with Gasteiger partial charge in [0.15, 0.2) is 0 Å². The molecule has 0 bridgehead atoms. The smallest absolute Gasteiger partial charge is 0.123 e. The number of rotatable bonds is 4. The molecule has 2 aromatic rings. The van der Waals surface area contributed by atoms with Crippen LogP contribution in [0, 0.1) is 5.82 Å². The van der Waals surface area contributed by atoms with E-state index >= 15 is 0 Å². The van der Waals surface area contributed by atoms with Crippen molar-refractivity contribution in [3.8, 4) is 5.75 Å². The van der Waals surface area contributed by atoms with Crippen molar-refractivity contribution in [3.63, 3.8) is 0 Å². The topological polar surface area (TPSA) is 21.3 Å². The van der Waals surface area contributed by atoms with E-state index in [1.165, 1.54) is 10.9 Å². The fraction of sp³-hybridized carbons (Fsp3) is 0.286. The van der Waals surface area contributed by atoms with E-state index in [1.807, 2.05) is 6.07 Å². The van der Waals surface area contributed by atoms with E-state index in [2.05, 4.69) is 16.8 Å². The summed E-state index contributed by atoms with van der Waals surface area (Å²) >= 11 is 1.74. The Kier molecular flexibility index (Phi) is 3.30. The summed E-state index contributed by atoms with van der Waals surface area (Å²) in [6.45, 7) is 1.65. The third-order valence-electron chi connectivity index (χ3n) is 3.02. The lowest BCUT2D eigenvalue weighted by Crippen LogP contribution is -2.29. The molecule has 0 spiro atoms. The maximum atomic E-state index is 13.1. The molecule has 0 saturated heterocycles. The Morgan fingerprint density at radius 1 is 1.39 bits per heavy atom. The summed E-state index contributed by atoms with van der Waals surface area (Å²) in [6, 6.07) is 8.88. The number of nitrogens with one attached hydrogen (secondary N) is 1. The maximum absolute atomic E-state index is 13.1. The standard InChI is InChI=1S/C14H14FNOS/c15-11-3-4-14-10(6-11)7-12(17-14)8-16-9-13-2-1-5-18-13/h1-6,12,16H,7-9H2. The number of hydrogen-bond acceptors (Lipinski definition) is 3. The Morgan fingerprint density at radius 2 is 2.33 bits per heavy atom. The second-order valence-electron chi connectivity index (χ2n) is 4.41. The summed E-state index contributed by atoms with van der Waals surface area (Å²) in [5.41, 5.74) is 0.970. The molecule has 18 heavy (non-hydrogen) atoms. The molecule has 0 aliphatic carbocycles. The van der Waals surface area contributed by atoms with Gasteiger partial charge in [-0.1, -0.05) is 6.07 Å². The molecule has 3 rings (SSSR count). The van der Waals surface area contributed by atoms with Gasteiger partial charge in [-0.3, -0.25) is 0 Å². The van der Waals surface area contributed by atoms with Gasteiger partial charge in [0.25, 0.3) is 0 Å². The lowest BCUT2D eigenvalue weighted by molar-refractivity contribution is 0.227. The van der Waals surface area contributed by atoms with Gasteiger partial charge in [-0.15, -0.1) is 11.3 Å². The van der Waals surface area contributed by atoms with Crippen molar-refractivity contribution in [2.24, 2.45) is 0 Å². The molecule has 1 unspecified atom stereocenters. The van der Waals surface area contributed by atoms with Crippen LogP contribution >= 0.6 is 11.3 Å². The van der Waals surface area contributed by atoms with Crippen LogP contribution < -0.4 is 10.1 Å². The SMILES string of the molecule is Fc1ccc2c(c1)CC(CNCc1cccs1)O2. The van der Waals surface area contributed by atoms with Crippen LogP contribution in [0.3, 0.4) is 0 Å². The van der Waals surface area contributed by atoms with E-state index in [9.17, 15) is 4.39 Å². The average molecular weight is 263 g/mol. The Bertz CT molecular complexity index is 527. The lowest BCUT2D eigenvalue weighted by Gasteiger charge is -2.11. The fourth-order valence-electron chi connectivity index (χ4n) is 2.17. The molecule has 1 aromatic heterocycles. The van der Waals surface area contributed by atoms with E-state index < -0.39 is 0 Å². The van der Waals surface area contributed by atoms with Crippen LogP contribution in [-0.4, -0.2) is 12.6 Å². The maximum Gasteiger partial charge on any atom is 0.123 e. The van der Waals surface area contributed by atoms with Crippen molar-refractivity contribution in [1.29, 1.82) is 0 Å². The second-order valence-corrected chi connectivity index (χ2v) is 5.44. The number of thiophene rings is 1. The van der Waals surface area contributed by atoms with Gasteiger partial charge in [0.1, 0.15) is 17.7 Å². The van der Waals surface area contributed by atoms with Gasteiger partial charge >= 0.3 is 0 Å². The molecule has 1 aliphatic heterocycles. The molecular formula is C14H14FNOS. The van der Waals surface area contributed by atoms with E-state index in [4.69, 9.17) is 4.74 Å².